The van der Waals surface area contributed by atoms with E-state index in [-0.39, 0.29) is 5.91 Å². The van der Waals surface area contributed by atoms with Gasteiger partial charge in [-0.3, -0.25) is 14.8 Å². The van der Waals surface area contributed by atoms with Crippen LogP contribution < -0.4 is 5.32 Å². The van der Waals surface area contributed by atoms with Gasteiger partial charge in [0, 0.05) is 24.3 Å². The zero-order chi connectivity index (χ0) is 12.8. The van der Waals surface area contributed by atoms with Crippen molar-refractivity contribution in [3.8, 4) is 0 Å². The van der Waals surface area contributed by atoms with Crippen LogP contribution in [0.25, 0.3) is 11.0 Å². The molecule has 0 bridgehead atoms. The fourth-order valence-electron chi connectivity index (χ4n) is 1.69. The standard InChI is InChI=1S/C13H14BrN3O/c14-6-1-2-7-17-13(18)10-4-3-5-11-12(10)16-9-8-15-11/h3-5,8-9H,1-2,6-7H2,(H,17,18). The largest absolute Gasteiger partial charge is 0.352 e. The summed E-state index contributed by atoms with van der Waals surface area (Å²) in [5.74, 6) is -0.0873. The summed E-state index contributed by atoms with van der Waals surface area (Å²) in [6.07, 6.45) is 5.24. The smallest absolute Gasteiger partial charge is 0.253 e. The lowest BCUT2D eigenvalue weighted by Crippen LogP contribution is -2.24. The summed E-state index contributed by atoms with van der Waals surface area (Å²) < 4.78 is 0. The Bertz CT molecular complexity index is 539. The van der Waals surface area contributed by atoms with Crippen LogP contribution in [-0.4, -0.2) is 27.7 Å². The van der Waals surface area contributed by atoms with Crippen molar-refractivity contribution in [3.05, 3.63) is 36.2 Å². The number of fused-ring (bicyclic) bond motifs is 1. The molecule has 0 radical (unpaired) electrons. The third kappa shape index (κ3) is 3.04. The first kappa shape index (κ1) is 13.0. The van der Waals surface area contributed by atoms with Crippen LogP contribution >= 0.6 is 15.9 Å². The minimum atomic E-state index is -0.0873. The third-order valence-electron chi connectivity index (χ3n) is 2.59. The number of amides is 1. The van der Waals surface area contributed by atoms with Crippen molar-refractivity contribution < 1.29 is 4.79 Å². The summed E-state index contributed by atoms with van der Waals surface area (Å²) in [5.41, 5.74) is 1.98. The molecule has 1 aromatic heterocycles. The highest BCUT2D eigenvalue weighted by Crippen LogP contribution is 2.13. The minimum Gasteiger partial charge on any atom is -0.352 e. The number of hydrogen-bond donors (Lipinski definition) is 1. The first-order valence-electron chi connectivity index (χ1n) is 5.87. The van der Waals surface area contributed by atoms with E-state index in [9.17, 15) is 4.79 Å². The quantitative estimate of drug-likeness (QED) is 0.682. The Morgan fingerprint density at radius 1 is 1.22 bits per heavy atom. The van der Waals surface area contributed by atoms with Gasteiger partial charge in [-0.05, 0) is 25.0 Å². The molecule has 1 aromatic carbocycles. The number of benzene rings is 1. The number of carbonyl (C=O) groups excluding carboxylic acids is 1. The van der Waals surface area contributed by atoms with E-state index in [1.54, 1.807) is 18.5 Å². The van der Waals surface area contributed by atoms with E-state index in [1.807, 2.05) is 12.1 Å². The van der Waals surface area contributed by atoms with Gasteiger partial charge in [0.05, 0.1) is 11.1 Å². The lowest BCUT2D eigenvalue weighted by atomic mass is 10.1. The Balaban J connectivity index is 2.13. The maximum absolute atomic E-state index is 12.0. The topological polar surface area (TPSA) is 54.9 Å². The Hall–Kier alpha value is -1.49. The molecule has 5 heteroatoms. The van der Waals surface area contributed by atoms with Crippen LogP contribution in [0.15, 0.2) is 30.6 Å². The number of para-hydroxylation sites is 1. The van der Waals surface area contributed by atoms with Gasteiger partial charge in [-0.25, -0.2) is 0 Å². The van der Waals surface area contributed by atoms with Crippen LogP contribution in [0.4, 0.5) is 0 Å². The van der Waals surface area contributed by atoms with Crippen molar-refractivity contribution in [2.24, 2.45) is 0 Å². The predicted molar refractivity (Wildman–Crippen MR) is 74.9 cm³/mol. The molecule has 0 aliphatic rings. The second-order valence-electron chi connectivity index (χ2n) is 3.88. The monoisotopic (exact) mass is 307 g/mol. The second-order valence-corrected chi connectivity index (χ2v) is 4.67. The highest BCUT2D eigenvalue weighted by atomic mass is 79.9. The molecule has 0 fully saturated rings. The van der Waals surface area contributed by atoms with Gasteiger partial charge in [-0.15, -0.1) is 0 Å². The summed E-state index contributed by atoms with van der Waals surface area (Å²) in [5, 5.41) is 3.86. The Morgan fingerprint density at radius 2 is 2.06 bits per heavy atom. The van der Waals surface area contributed by atoms with Gasteiger partial charge in [-0.2, -0.15) is 0 Å². The molecule has 2 aromatic rings. The van der Waals surface area contributed by atoms with Gasteiger partial charge in [-0.1, -0.05) is 22.0 Å². The van der Waals surface area contributed by atoms with Gasteiger partial charge >= 0.3 is 0 Å². The molecule has 1 amide bonds. The van der Waals surface area contributed by atoms with Crippen molar-refractivity contribution in [2.45, 2.75) is 12.8 Å². The highest BCUT2D eigenvalue weighted by molar-refractivity contribution is 9.09. The Kier molecular flexibility index (Phi) is 4.64. The van der Waals surface area contributed by atoms with Crippen molar-refractivity contribution in [2.75, 3.05) is 11.9 Å². The van der Waals surface area contributed by atoms with Crippen LogP contribution in [0.1, 0.15) is 23.2 Å². The fraction of sp³-hybridized carbons (Fsp3) is 0.308. The fourth-order valence-corrected chi connectivity index (χ4v) is 2.09. The second kappa shape index (κ2) is 6.44. The molecule has 4 nitrogen and oxygen atoms in total. The van der Waals surface area contributed by atoms with Gasteiger partial charge in [0.15, 0.2) is 0 Å². The maximum Gasteiger partial charge on any atom is 0.253 e. The average Bonchev–Trinajstić information content (AvgIpc) is 2.43. The predicted octanol–water partition coefficient (Wildman–Crippen LogP) is 2.53. The summed E-state index contributed by atoms with van der Waals surface area (Å²) in [7, 11) is 0. The number of halogens is 1. The van der Waals surface area contributed by atoms with E-state index < -0.39 is 0 Å². The molecule has 0 unspecified atom stereocenters. The Labute approximate surface area is 114 Å². The molecule has 94 valence electrons. The summed E-state index contributed by atoms with van der Waals surface area (Å²) >= 11 is 3.36. The van der Waals surface area contributed by atoms with Crippen molar-refractivity contribution in [1.29, 1.82) is 0 Å². The van der Waals surface area contributed by atoms with Gasteiger partial charge < -0.3 is 5.32 Å². The number of carbonyl (C=O) groups is 1. The zero-order valence-electron chi connectivity index (χ0n) is 9.90. The first-order valence-corrected chi connectivity index (χ1v) is 6.99. The lowest BCUT2D eigenvalue weighted by molar-refractivity contribution is 0.0954. The van der Waals surface area contributed by atoms with E-state index in [1.165, 1.54) is 0 Å². The van der Waals surface area contributed by atoms with E-state index in [4.69, 9.17) is 0 Å². The molecule has 0 saturated heterocycles. The summed E-state index contributed by atoms with van der Waals surface area (Å²) in [4.78, 5) is 20.4. The SMILES string of the molecule is O=C(NCCCCBr)c1cccc2nccnc12. The number of unbranched alkanes of at least 4 members (excludes halogenated alkanes) is 1. The molecule has 2 rings (SSSR count). The lowest BCUT2D eigenvalue weighted by Gasteiger charge is -2.06. The van der Waals surface area contributed by atoms with Crippen molar-refractivity contribution in [3.63, 3.8) is 0 Å². The molecule has 0 aliphatic carbocycles. The number of rotatable bonds is 5. The third-order valence-corrected chi connectivity index (χ3v) is 3.15. The van der Waals surface area contributed by atoms with Gasteiger partial charge in [0.2, 0.25) is 0 Å². The van der Waals surface area contributed by atoms with E-state index in [2.05, 4.69) is 31.2 Å². The number of hydrogen-bond acceptors (Lipinski definition) is 3. The van der Waals surface area contributed by atoms with Crippen LogP contribution in [-0.2, 0) is 0 Å². The number of nitrogens with zero attached hydrogens (tertiary/aromatic N) is 2. The normalized spacial score (nSPS) is 10.5. The molecule has 0 atom stereocenters. The number of alkyl halides is 1. The van der Waals surface area contributed by atoms with Crippen LogP contribution in [0.3, 0.4) is 0 Å². The molecule has 1 N–H and O–H groups in total. The molecule has 0 spiro atoms. The number of aromatic nitrogens is 2. The molecular weight excluding hydrogens is 294 g/mol. The average molecular weight is 308 g/mol. The molecule has 0 aliphatic heterocycles. The van der Waals surface area contributed by atoms with E-state index >= 15 is 0 Å². The first-order chi connectivity index (χ1) is 8.83. The van der Waals surface area contributed by atoms with Gasteiger partial charge in [0.1, 0.15) is 5.52 Å². The van der Waals surface area contributed by atoms with Crippen molar-refractivity contribution in [1.82, 2.24) is 15.3 Å². The minimum absolute atomic E-state index is 0.0873. The molecule has 18 heavy (non-hydrogen) atoms. The molecule has 1 heterocycles. The maximum atomic E-state index is 12.0. The Morgan fingerprint density at radius 3 is 2.89 bits per heavy atom. The summed E-state index contributed by atoms with van der Waals surface area (Å²) in [6, 6.07) is 5.45. The van der Waals surface area contributed by atoms with Gasteiger partial charge in [0.25, 0.3) is 5.91 Å². The van der Waals surface area contributed by atoms with E-state index in [0.717, 1.165) is 23.7 Å². The highest BCUT2D eigenvalue weighted by Gasteiger charge is 2.10. The van der Waals surface area contributed by atoms with Crippen LogP contribution in [0, 0.1) is 0 Å². The van der Waals surface area contributed by atoms with E-state index in [0.29, 0.717) is 17.6 Å². The number of nitrogens with one attached hydrogen (secondary N) is 1. The molecule has 0 saturated carbocycles. The van der Waals surface area contributed by atoms with Crippen molar-refractivity contribution >= 4 is 32.9 Å². The van der Waals surface area contributed by atoms with Crippen LogP contribution in [0.5, 0.6) is 0 Å². The van der Waals surface area contributed by atoms with Crippen LogP contribution in [0.2, 0.25) is 0 Å². The summed E-state index contributed by atoms with van der Waals surface area (Å²) in [6.45, 7) is 0.682. The molecular formula is C13H14BrN3O. The zero-order valence-corrected chi connectivity index (χ0v) is 11.5.